The highest BCUT2D eigenvalue weighted by Gasteiger charge is 2.59. The number of nitrogens with zero attached hydrogens (tertiary/aromatic N) is 3. The summed E-state index contributed by atoms with van der Waals surface area (Å²) in [6, 6.07) is 10.3. The van der Waals surface area contributed by atoms with Gasteiger partial charge in [0, 0.05) is 13.2 Å². The molecule has 0 N–H and O–H groups in total. The SMILES string of the molecule is CO[C@@H]1[C@H]2OC(C)(C)O[C@H]2O[C@@H]1[C@@H]1CC(=O)N(c2ccc(C#N)cc2)C(=O)N1c1ccco1. The lowest BCUT2D eigenvalue weighted by Gasteiger charge is -2.42. The third kappa shape index (κ3) is 3.59. The van der Waals surface area contributed by atoms with Crippen molar-refractivity contribution in [3.05, 3.63) is 48.2 Å². The van der Waals surface area contributed by atoms with Crippen molar-refractivity contribution in [3.63, 3.8) is 0 Å². The Morgan fingerprint density at radius 3 is 2.52 bits per heavy atom. The molecule has 0 spiro atoms. The Kier molecular flexibility index (Phi) is 5.22. The molecule has 0 aliphatic carbocycles. The van der Waals surface area contributed by atoms with Gasteiger partial charge in [0.25, 0.3) is 0 Å². The minimum absolute atomic E-state index is 0.0419. The summed E-state index contributed by atoms with van der Waals surface area (Å²) in [5.41, 5.74) is 0.785. The van der Waals surface area contributed by atoms with Gasteiger partial charge in [-0.05, 0) is 44.2 Å². The minimum Gasteiger partial charge on any atom is -0.448 e. The van der Waals surface area contributed by atoms with E-state index >= 15 is 0 Å². The fraction of sp³-hybridized carbons (Fsp3) is 0.435. The maximum absolute atomic E-state index is 13.6. The molecule has 3 aliphatic heterocycles. The van der Waals surface area contributed by atoms with Crippen molar-refractivity contribution in [2.45, 2.75) is 56.7 Å². The molecule has 2 aromatic rings. The van der Waals surface area contributed by atoms with Crippen molar-refractivity contribution < 1.29 is 33.0 Å². The highest BCUT2D eigenvalue weighted by atomic mass is 16.8. The van der Waals surface area contributed by atoms with E-state index < -0.39 is 48.4 Å². The number of furan rings is 1. The van der Waals surface area contributed by atoms with E-state index in [9.17, 15) is 9.59 Å². The number of methoxy groups -OCH3 is 1. The number of carbonyl (C=O) groups excluding carboxylic acids is 2. The van der Waals surface area contributed by atoms with Crippen LogP contribution in [0.2, 0.25) is 0 Å². The molecule has 4 heterocycles. The van der Waals surface area contributed by atoms with Gasteiger partial charge in [-0.2, -0.15) is 5.26 Å². The summed E-state index contributed by atoms with van der Waals surface area (Å²) in [4.78, 5) is 29.3. The Morgan fingerprint density at radius 1 is 1.12 bits per heavy atom. The lowest BCUT2D eigenvalue weighted by molar-refractivity contribution is -0.219. The Labute approximate surface area is 190 Å². The molecule has 0 radical (unpaired) electrons. The van der Waals surface area contributed by atoms with Crippen molar-refractivity contribution in [3.8, 4) is 6.07 Å². The van der Waals surface area contributed by atoms with Crippen LogP contribution in [0.5, 0.6) is 0 Å². The second-order valence-electron chi connectivity index (χ2n) is 8.53. The molecule has 3 amide bonds. The van der Waals surface area contributed by atoms with E-state index in [-0.39, 0.29) is 12.3 Å². The highest BCUT2D eigenvalue weighted by molar-refractivity contribution is 6.21. The van der Waals surface area contributed by atoms with Crippen molar-refractivity contribution in [1.82, 2.24) is 0 Å². The third-order valence-corrected chi connectivity index (χ3v) is 6.04. The Hall–Kier alpha value is -3.23. The number of benzene rings is 1. The molecule has 3 saturated heterocycles. The van der Waals surface area contributed by atoms with Crippen LogP contribution in [0.4, 0.5) is 16.4 Å². The van der Waals surface area contributed by atoms with Gasteiger partial charge in [0.1, 0.15) is 18.3 Å². The molecular formula is C23H23N3O7. The lowest BCUT2D eigenvalue weighted by atomic mass is 9.96. The number of amides is 3. The van der Waals surface area contributed by atoms with Crippen LogP contribution in [0.3, 0.4) is 0 Å². The predicted molar refractivity (Wildman–Crippen MR) is 113 cm³/mol. The number of hydrogen-bond donors (Lipinski definition) is 0. The second kappa shape index (κ2) is 7.97. The molecule has 1 aromatic heterocycles. The standard InChI is InChI=1S/C23H23N3O7/c1-23(2)32-20-19(29-3)18(31-21(20)33-23)15-11-16(27)25(14-8-6-13(12-24)7-9-14)22(28)26(15)17-5-4-10-30-17/h4-10,15,18-21H,11H2,1-3H3/t15-,18+,19-,20+,21+/m0/s1. The zero-order chi connectivity index (χ0) is 23.3. The number of ether oxygens (including phenoxy) is 4. The van der Waals surface area contributed by atoms with Crippen LogP contribution in [0, 0.1) is 11.3 Å². The highest BCUT2D eigenvalue weighted by Crippen LogP contribution is 2.42. The molecule has 5 rings (SSSR count). The summed E-state index contributed by atoms with van der Waals surface area (Å²) < 4.78 is 29.2. The summed E-state index contributed by atoms with van der Waals surface area (Å²) in [5.74, 6) is -0.966. The van der Waals surface area contributed by atoms with Crippen LogP contribution in [0.15, 0.2) is 47.1 Å². The topological polar surface area (TPSA) is 114 Å². The Balaban J connectivity index is 1.49. The zero-order valence-corrected chi connectivity index (χ0v) is 18.3. The van der Waals surface area contributed by atoms with E-state index in [1.807, 2.05) is 6.07 Å². The van der Waals surface area contributed by atoms with Crippen molar-refractivity contribution in [1.29, 1.82) is 5.26 Å². The molecule has 0 saturated carbocycles. The van der Waals surface area contributed by atoms with Crippen molar-refractivity contribution >= 4 is 23.5 Å². The van der Waals surface area contributed by atoms with E-state index in [2.05, 4.69) is 0 Å². The van der Waals surface area contributed by atoms with Gasteiger partial charge in [0.15, 0.2) is 12.1 Å². The van der Waals surface area contributed by atoms with Crippen molar-refractivity contribution in [2.24, 2.45) is 0 Å². The first-order valence-electron chi connectivity index (χ1n) is 10.6. The van der Waals surface area contributed by atoms with Crippen LogP contribution in [-0.4, -0.2) is 55.5 Å². The molecule has 3 fully saturated rings. The molecule has 1 aromatic carbocycles. The van der Waals surface area contributed by atoms with E-state index in [0.717, 1.165) is 4.90 Å². The number of carbonyl (C=O) groups is 2. The van der Waals surface area contributed by atoms with Gasteiger partial charge in [-0.1, -0.05) is 0 Å². The predicted octanol–water partition coefficient (Wildman–Crippen LogP) is 2.77. The van der Waals surface area contributed by atoms with Gasteiger partial charge >= 0.3 is 6.03 Å². The van der Waals surface area contributed by atoms with Gasteiger partial charge in [-0.25, -0.2) is 9.69 Å². The first-order valence-corrected chi connectivity index (χ1v) is 10.6. The number of urea groups is 1. The van der Waals surface area contributed by atoms with E-state index in [1.54, 1.807) is 50.2 Å². The Morgan fingerprint density at radius 2 is 1.88 bits per heavy atom. The molecule has 172 valence electrons. The maximum Gasteiger partial charge on any atom is 0.338 e. The van der Waals surface area contributed by atoms with Crippen LogP contribution in [0.1, 0.15) is 25.8 Å². The van der Waals surface area contributed by atoms with Gasteiger partial charge in [0.2, 0.25) is 11.8 Å². The van der Waals surface area contributed by atoms with E-state index in [0.29, 0.717) is 11.3 Å². The van der Waals surface area contributed by atoms with Crippen LogP contribution < -0.4 is 9.80 Å². The second-order valence-corrected chi connectivity index (χ2v) is 8.53. The molecule has 33 heavy (non-hydrogen) atoms. The summed E-state index contributed by atoms with van der Waals surface area (Å²) >= 11 is 0. The van der Waals surface area contributed by atoms with Gasteiger partial charge < -0.3 is 23.4 Å². The summed E-state index contributed by atoms with van der Waals surface area (Å²) in [5, 5.41) is 9.05. The number of hydrogen-bond acceptors (Lipinski definition) is 8. The largest absolute Gasteiger partial charge is 0.448 e. The van der Waals surface area contributed by atoms with Crippen molar-refractivity contribution in [2.75, 3.05) is 16.9 Å². The summed E-state index contributed by atoms with van der Waals surface area (Å²) in [6.07, 6.45) is -1.04. The number of imide groups is 1. The normalized spacial score (nSPS) is 31.0. The molecular weight excluding hydrogens is 430 g/mol. The summed E-state index contributed by atoms with van der Waals surface area (Å²) in [6.45, 7) is 3.57. The van der Waals surface area contributed by atoms with Crippen LogP contribution in [-0.2, 0) is 23.7 Å². The van der Waals surface area contributed by atoms with Gasteiger partial charge in [-0.15, -0.1) is 0 Å². The smallest absolute Gasteiger partial charge is 0.338 e. The Bertz CT molecular complexity index is 1090. The molecule has 0 bridgehead atoms. The fourth-order valence-electron chi connectivity index (χ4n) is 4.67. The molecule has 10 heteroatoms. The summed E-state index contributed by atoms with van der Waals surface area (Å²) in [7, 11) is 1.53. The van der Waals surface area contributed by atoms with Gasteiger partial charge in [0.05, 0.1) is 36.0 Å². The first-order chi connectivity index (χ1) is 15.8. The molecule has 3 aliphatic rings. The number of anilines is 2. The molecule has 0 unspecified atom stereocenters. The molecule has 5 atom stereocenters. The average molecular weight is 453 g/mol. The third-order valence-electron chi connectivity index (χ3n) is 6.04. The van der Waals surface area contributed by atoms with E-state index in [1.165, 1.54) is 18.3 Å². The van der Waals surface area contributed by atoms with Crippen LogP contribution >= 0.6 is 0 Å². The minimum atomic E-state index is -0.831. The fourth-order valence-corrected chi connectivity index (χ4v) is 4.67. The zero-order valence-electron chi connectivity index (χ0n) is 18.3. The average Bonchev–Trinajstić information content (AvgIpc) is 3.48. The van der Waals surface area contributed by atoms with E-state index in [4.69, 9.17) is 28.6 Å². The number of fused-ring (bicyclic) bond motifs is 1. The lowest BCUT2D eigenvalue weighted by Crippen LogP contribution is -2.63. The van der Waals surface area contributed by atoms with Gasteiger partial charge in [-0.3, -0.25) is 9.69 Å². The number of nitriles is 1. The maximum atomic E-state index is 13.6. The monoisotopic (exact) mass is 453 g/mol. The quantitative estimate of drug-likeness (QED) is 0.694. The number of rotatable bonds is 4. The molecule has 10 nitrogen and oxygen atoms in total. The first kappa shape index (κ1) is 21.6. The van der Waals surface area contributed by atoms with Crippen LogP contribution in [0.25, 0.3) is 0 Å².